The fourth-order valence-electron chi connectivity index (χ4n) is 0.817. The van der Waals surface area contributed by atoms with Crippen molar-refractivity contribution in [2.24, 2.45) is 0 Å². The molecule has 12 heavy (non-hydrogen) atoms. The minimum absolute atomic E-state index is 0.0337. The zero-order valence-corrected chi connectivity index (χ0v) is 7.65. The average Bonchev–Trinajstić information content (AvgIpc) is 2.65. The van der Waals surface area contributed by atoms with Crippen molar-refractivity contribution in [2.75, 3.05) is 13.6 Å². The first-order valence-corrected chi connectivity index (χ1v) is 5.30. The van der Waals surface area contributed by atoms with Crippen LogP contribution < -0.4 is 10.0 Å². The molecule has 0 bridgehead atoms. The summed E-state index contributed by atoms with van der Waals surface area (Å²) in [6, 6.07) is 0. The predicted octanol–water partition coefficient (Wildman–Crippen LogP) is -1.19. The number of likely N-dealkylation sites (N-methyl/N-ethyl adjacent to an activating group) is 1. The number of sulfonamides is 1. The molecule has 0 aliphatic heterocycles. The second kappa shape index (κ2) is 3.40. The van der Waals surface area contributed by atoms with Gasteiger partial charge in [-0.1, -0.05) is 0 Å². The Morgan fingerprint density at radius 1 is 1.50 bits per heavy atom. The maximum absolute atomic E-state index is 11.1. The van der Waals surface area contributed by atoms with Gasteiger partial charge in [-0.25, -0.2) is 8.42 Å². The van der Waals surface area contributed by atoms with Crippen molar-refractivity contribution in [3.63, 3.8) is 0 Å². The van der Waals surface area contributed by atoms with Crippen LogP contribution in [0.4, 0.5) is 0 Å². The minimum atomic E-state index is -3.35. The van der Waals surface area contributed by atoms with Crippen molar-refractivity contribution in [1.82, 2.24) is 10.0 Å². The van der Waals surface area contributed by atoms with E-state index in [2.05, 4.69) is 5.32 Å². The first-order chi connectivity index (χ1) is 5.56. The van der Waals surface area contributed by atoms with Crippen LogP contribution in [0.1, 0.15) is 12.8 Å². The van der Waals surface area contributed by atoms with Gasteiger partial charge in [-0.2, -0.15) is 0 Å². The molecule has 0 aromatic rings. The van der Waals surface area contributed by atoms with Gasteiger partial charge in [0, 0.05) is 0 Å². The van der Waals surface area contributed by atoms with Gasteiger partial charge in [-0.3, -0.25) is 9.52 Å². The third kappa shape index (κ3) is 2.46. The van der Waals surface area contributed by atoms with Crippen LogP contribution in [0.25, 0.3) is 0 Å². The lowest BCUT2D eigenvalue weighted by Gasteiger charge is -2.03. The van der Waals surface area contributed by atoms with Crippen molar-refractivity contribution in [1.29, 1.82) is 0 Å². The Morgan fingerprint density at radius 3 is 2.50 bits per heavy atom. The second-order valence-electron chi connectivity index (χ2n) is 2.80. The van der Waals surface area contributed by atoms with Crippen LogP contribution in [0.15, 0.2) is 0 Å². The third-order valence-electron chi connectivity index (χ3n) is 1.56. The quantitative estimate of drug-likeness (QED) is 0.587. The molecule has 0 spiro atoms. The van der Waals surface area contributed by atoms with Gasteiger partial charge in [0.15, 0.2) is 0 Å². The van der Waals surface area contributed by atoms with Crippen LogP contribution in [-0.2, 0) is 14.8 Å². The maximum Gasteiger partial charge on any atom is 0.247 e. The largest absolute Gasteiger partial charge is 0.311 e. The SMILES string of the molecule is CNCC(=O)NS(=O)(=O)C1CC1. The molecule has 1 saturated carbocycles. The van der Waals surface area contributed by atoms with Crippen molar-refractivity contribution < 1.29 is 13.2 Å². The van der Waals surface area contributed by atoms with Gasteiger partial charge < -0.3 is 5.32 Å². The zero-order chi connectivity index (χ0) is 9.19. The van der Waals surface area contributed by atoms with Gasteiger partial charge >= 0.3 is 0 Å². The topological polar surface area (TPSA) is 75.3 Å². The van der Waals surface area contributed by atoms with Gasteiger partial charge in [-0.15, -0.1) is 0 Å². The fraction of sp³-hybridized carbons (Fsp3) is 0.833. The summed E-state index contributed by atoms with van der Waals surface area (Å²) in [5.74, 6) is -0.496. The summed E-state index contributed by atoms with van der Waals surface area (Å²) >= 11 is 0. The summed E-state index contributed by atoms with van der Waals surface area (Å²) < 4.78 is 24.2. The van der Waals surface area contributed by atoms with E-state index in [1.165, 1.54) is 0 Å². The highest BCUT2D eigenvalue weighted by molar-refractivity contribution is 7.90. The lowest BCUT2D eigenvalue weighted by atomic mass is 10.6. The highest BCUT2D eigenvalue weighted by Gasteiger charge is 2.36. The Balaban J connectivity index is 2.44. The van der Waals surface area contributed by atoms with E-state index in [9.17, 15) is 13.2 Å². The van der Waals surface area contributed by atoms with E-state index in [4.69, 9.17) is 0 Å². The predicted molar refractivity (Wildman–Crippen MR) is 44.0 cm³/mol. The van der Waals surface area contributed by atoms with Crippen molar-refractivity contribution >= 4 is 15.9 Å². The summed E-state index contributed by atoms with van der Waals surface area (Å²) in [6.45, 7) is 0.0337. The van der Waals surface area contributed by atoms with E-state index >= 15 is 0 Å². The summed E-state index contributed by atoms with van der Waals surface area (Å²) in [5, 5.41) is 2.24. The number of rotatable bonds is 4. The summed E-state index contributed by atoms with van der Waals surface area (Å²) in [4.78, 5) is 10.8. The summed E-state index contributed by atoms with van der Waals surface area (Å²) in [7, 11) is -1.76. The molecule has 0 radical (unpaired) electrons. The molecule has 0 heterocycles. The van der Waals surface area contributed by atoms with Crippen LogP contribution in [0.5, 0.6) is 0 Å². The molecule has 0 aromatic heterocycles. The molecule has 2 N–H and O–H groups in total. The molecule has 0 saturated heterocycles. The van der Waals surface area contributed by atoms with Gasteiger partial charge in [0.1, 0.15) is 0 Å². The number of hydrogen-bond acceptors (Lipinski definition) is 4. The molecule has 6 heteroatoms. The van der Waals surface area contributed by atoms with E-state index in [-0.39, 0.29) is 11.8 Å². The monoisotopic (exact) mass is 192 g/mol. The van der Waals surface area contributed by atoms with Gasteiger partial charge in [0.05, 0.1) is 11.8 Å². The lowest BCUT2D eigenvalue weighted by Crippen LogP contribution is -2.38. The van der Waals surface area contributed by atoms with Gasteiger partial charge in [0.25, 0.3) is 0 Å². The van der Waals surface area contributed by atoms with E-state index < -0.39 is 15.9 Å². The molecule has 1 aliphatic rings. The van der Waals surface area contributed by atoms with E-state index in [1.807, 2.05) is 4.72 Å². The average molecular weight is 192 g/mol. The number of nitrogens with one attached hydrogen (secondary N) is 2. The molecule has 0 aromatic carbocycles. The van der Waals surface area contributed by atoms with Crippen LogP contribution in [0, 0.1) is 0 Å². The van der Waals surface area contributed by atoms with Crippen molar-refractivity contribution in [3.8, 4) is 0 Å². The van der Waals surface area contributed by atoms with Crippen molar-refractivity contribution in [3.05, 3.63) is 0 Å². The maximum atomic E-state index is 11.1. The molecule has 0 atom stereocenters. The Hall–Kier alpha value is -0.620. The normalized spacial score (nSPS) is 17.4. The first-order valence-electron chi connectivity index (χ1n) is 3.75. The Labute approximate surface area is 71.6 Å². The molecule has 0 unspecified atom stereocenters. The fourth-order valence-corrected chi connectivity index (χ4v) is 2.13. The molecule has 1 aliphatic carbocycles. The van der Waals surface area contributed by atoms with Crippen molar-refractivity contribution in [2.45, 2.75) is 18.1 Å². The molecular formula is C6H12N2O3S. The third-order valence-corrected chi connectivity index (χ3v) is 3.42. The molecular weight excluding hydrogens is 180 g/mol. The highest BCUT2D eigenvalue weighted by Crippen LogP contribution is 2.27. The van der Waals surface area contributed by atoms with Crippen LogP contribution in [0.2, 0.25) is 0 Å². The minimum Gasteiger partial charge on any atom is -0.311 e. The van der Waals surface area contributed by atoms with E-state index in [1.54, 1.807) is 7.05 Å². The number of amides is 1. The van der Waals surface area contributed by atoms with Crippen LogP contribution in [-0.4, -0.2) is 33.2 Å². The second-order valence-corrected chi connectivity index (χ2v) is 4.76. The smallest absolute Gasteiger partial charge is 0.247 e. The van der Waals surface area contributed by atoms with Gasteiger partial charge in [0.2, 0.25) is 15.9 Å². The number of carbonyl (C=O) groups is 1. The lowest BCUT2D eigenvalue weighted by molar-refractivity contribution is -0.118. The standard InChI is InChI=1S/C6H12N2O3S/c1-7-4-6(9)8-12(10,11)5-2-3-5/h5,7H,2-4H2,1H3,(H,8,9). The first kappa shape index (κ1) is 9.47. The van der Waals surface area contributed by atoms with E-state index in [0.29, 0.717) is 12.8 Å². The summed E-state index contributed by atoms with van der Waals surface area (Å²) in [5.41, 5.74) is 0. The Bertz CT molecular complexity index is 269. The molecule has 70 valence electrons. The number of carbonyl (C=O) groups excluding carboxylic acids is 1. The van der Waals surface area contributed by atoms with E-state index in [0.717, 1.165) is 0 Å². The van der Waals surface area contributed by atoms with Crippen LogP contribution >= 0.6 is 0 Å². The Kier molecular flexibility index (Phi) is 2.69. The molecule has 1 amide bonds. The molecule has 1 fully saturated rings. The van der Waals surface area contributed by atoms with Crippen LogP contribution in [0.3, 0.4) is 0 Å². The summed E-state index contributed by atoms with van der Waals surface area (Å²) in [6.07, 6.45) is 1.34. The van der Waals surface area contributed by atoms with Gasteiger partial charge in [-0.05, 0) is 19.9 Å². The zero-order valence-electron chi connectivity index (χ0n) is 6.83. The molecule has 5 nitrogen and oxygen atoms in total. The Morgan fingerprint density at radius 2 is 2.08 bits per heavy atom. The molecule has 1 rings (SSSR count). The highest BCUT2D eigenvalue weighted by atomic mass is 32.2. The number of hydrogen-bond donors (Lipinski definition) is 2.